The molecule has 2 N–H and O–H groups in total. The van der Waals surface area contributed by atoms with Gasteiger partial charge in [0.15, 0.2) is 0 Å². The summed E-state index contributed by atoms with van der Waals surface area (Å²) in [6.45, 7) is 2.06. The maximum absolute atomic E-state index is 6.33. The SMILES string of the molecule is CCC(N)C(Sc1cc(Cl)ccc1Cl)c1ccccc1Cl. The van der Waals surface area contributed by atoms with Crippen LogP contribution in [0.4, 0.5) is 0 Å². The van der Waals surface area contributed by atoms with Crippen LogP contribution in [0.15, 0.2) is 47.4 Å². The fourth-order valence-corrected chi connectivity index (χ4v) is 4.16. The van der Waals surface area contributed by atoms with E-state index in [0.717, 1.165) is 21.9 Å². The van der Waals surface area contributed by atoms with Crippen molar-refractivity contribution in [3.63, 3.8) is 0 Å². The fraction of sp³-hybridized carbons (Fsp3) is 0.250. The quantitative estimate of drug-likeness (QED) is 0.641. The number of nitrogens with two attached hydrogens (primary N) is 1. The normalized spacial score (nSPS) is 14.0. The van der Waals surface area contributed by atoms with E-state index in [1.54, 1.807) is 23.9 Å². The summed E-state index contributed by atoms with van der Waals surface area (Å²) >= 11 is 20.3. The summed E-state index contributed by atoms with van der Waals surface area (Å²) in [6.07, 6.45) is 0.848. The maximum atomic E-state index is 6.33. The zero-order valence-electron chi connectivity index (χ0n) is 11.5. The minimum atomic E-state index is -0.0232. The van der Waals surface area contributed by atoms with E-state index in [1.165, 1.54) is 0 Å². The van der Waals surface area contributed by atoms with Crippen molar-refractivity contribution in [2.75, 3.05) is 0 Å². The third-order valence-corrected chi connectivity index (χ3v) is 5.69. The molecular weight excluding hydrogens is 345 g/mol. The Morgan fingerprint density at radius 1 is 1.05 bits per heavy atom. The lowest BCUT2D eigenvalue weighted by Gasteiger charge is -2.24. The Balaban J connectivity index is 2.38. The number of benzene rings is 2. The Hall–Kier alpha value is -0.380. The van der Waals surface area contributed by atoms with Gasteiger partial charge in [-0.3, -0.25) is 0 Å². The third kappa shape index (κ3) is 4.30. The third-order valence-electron chi connectivity index (χ3n) is 3.22. The molecule has 0 spiro atoms. The van der Waals surface area contributed by atoms with E-state index >= 15 is 0 Å². The highest BCUT2D eigenvalue weighted by atomic mass is 35.5. The lowest BCUT2D eigenvalue weighted by molar-refractivity contribution is 0.634. The fourth-order valence-electron chi connectivity index (χ4n) is 2.01. The minimum Gasteiger partial charge on any atom is -0.326 e. The summed E-state index contributed by atoms with van der Waals surface area (Å²) in [7, 11) is 0. The Labute approximate surface area is 144 Å². The van der Waals surface area contributed by atoms with Crippen molar-refractivity contribution in [2.45, 2.75) is 29.5 Å². The predicted octanol–water partition coefficient (Wildman–Crippen LogP) is 6.22. The molecule has 0 aliphatic rings. The number of thioether (sulfide) groups is 1. The van der Waals surface area contributed by atoms with Crippen molar-refractivity contribution >= 4 is 46.6 Å². The molecule has 0 saturated heterocycles. The summed E-state index contributed by atoms with van der Waals surface area (Å²) in [6, 6.07) is 13.2. The Morgan fingerprint density at radius 2 is 1.76 bits per heavy atom. The molecule has 1 nitrogen and oxygen atoms in total. The molecule has 0 bridgehead atoms. The van der Waals surface area contributed by atoms with E-state index in [1.807, 2.05) is 30.3 Å². The maximum Gasteiger partial charge on any atom is 0.0543 e. The zero-order chi connectivity index (χ0) is 15.4. The summed E-state index contributed by atoms with van der Waals surface area (Å²) in [5.41, 5.74) is 7.32. The lowest BCUT2D eigenvalue weighted by Crippen LogP contribution is -2.25. The molecular formula is C16H16Cl3NS. The summed E-state index contributed by atoms with van der Waals surface area (Å²) in [5, 5.41) is 2.08. The van der Waals surface area contributed by atoms with Crippen LogP contribution in [0.1, 0.15) is 24.2 Å². The van der Waals surface area contributed by atoms with Crippen LogP contribution in [0, 0.1) is 0 Å². The first kappa shape index (κ1) is 17.0. The molecule has 2 unspecified atom stereocenters. The first-order chi connectivity index (χ1) is 10.0. The van der Waals surface area contributed by atoms with Gasteiger partial charge in [0, 0.05) is 21.0 Å². The highest BCUT2D eigenvalue weighted by Crippen LogP contribution is 2.43. The number of hydrogen-bond acceptors (Lipinski definition) is 2. The largest absolute Gasteiger partial charge is 0.326 e. The Morgan fingerprint density at radius 3 is 2.43 bits per heavy atom. The molecule has 2 rings (SSSR count). The second-order valence-electron chi connectivity index (χ2n) is 4.71. The molecule has 0 aromatic heterocycles. The van der Waals surface area contributed by atoms with Gasteiger partial charge >= 0.3 is 0 Å². The van der Waals surface area contributed by atoms with Gasteiger partial charge in [-0.15, -0.1) is 11.8 Å². The molecule has 21 heavy (non-hydrogen) atoms. The summed E-state index contributed by atoms with van der Waals surface area (Å²) in [5.74, 6) is 0. The van der Waals surface area contributed by atoms with Crippen molar-refractivity contribution in [1.82, 2.24) is 0 Å². The molecule has 0 aliphatic heterocycles. The van der Waals surface area contributed by atoms with Gasteiger partial charge in [0.05, 0.1) is 10.3 Å². The average Bonchev–Trinajstić information content (AvgIpc) is 2.48. The van der Waals surface area contributed by atoms with E-state index < -0.39 is 0 Å². The second kappa shape index (κ2) is 7.75. The van der Waals surface area contributed by atoms with Crippen LogP contribution in [-0.4, -0.2) is 6.04 Å². The predicted molar refractivity (Wildman–Crippen MR) is 94.8 cm³/mol. The summed E-state index contributed by atoms with van der Waals surface area (Å²) in [4.78, 5) is 0.915. The van der Waals surface area contributed by atoms with Gasteiger partial charge in [-0.05, 0) is 36.2 Å². The standard InChI is InChI=1S/C16H16Cl3NS/c1-2-14(20)16(11-5-3-4-6-12(11)18)21-15-9-10(17)7-8-13(15)19/h3-9,14,16H,2,20H2,1H3. The van der Waals surface area contributed by atoms with Crippen LogP contribution in [-0.2, 0) is 0 Å². The molecule has 2 aromatic carbocycles. The van der Waals surface area contributed by atoms with E-state index in [9.17, 15) is 0 Å². The van der Waals surface area contributed by atoms with Crippen LogP contribution < -0.4 is 5.73 Å². The molecule has 2 aromatic rings. The van der Waals surface area contributed by atoms with Gasteiger partial charge in [0.25, 0.3) is 0 Å². The highest BCUT2D eigenvalue weighted by Gasteiger charge is 2.23. The molecule has 0 aliphatic carbocycles. The first-order valence-corrected chi connectivity index (χ1v) is 8.66. The minimum absolute atomic E-state index is 0.0232. The van der Waals surface area contributed by atoms with Gasteiger partial charge < -0.3 is 5.73 Å². The molecule has 0 saturated carbocycles. The Bertz CT molecular complexity index is 618. The molecule has 0 amide bonds. The van der Waals surface area contributed by atoms with Gasteiger partial charge in [-0.1, -0.05) is 59.9 Å². The van der Waals surface area contributed by atoms with Gasteiger partial charge in [0.1, 0.15) is 0 Å². The number of hydrogen-bond donors (Lipinski definition) is 1. The van der Waals surface area contributed by atoms with Crippen molar-refractivity contribution in [1.29, 1.82) is 0 Å². The van der Waals surface area contributed by atoms with E-state index in [0.29, 0.717) is 10.0 Å². The zero-order valence-corrected chi connectivity index (χ0v) is 14.6. The van der Waals surface area contributed by atoms with E-state index in [-0.39, 0.29) is 11.3 Å². The van der Waals surface area contributed by atoms with Crippen molar-refractivity contribution in [2.24, 2.45) is 5.73 Å². The van der Waals surface area contributed by atoms with Crippen LogP contribution in [0.3, 0.4) is 0 Å². The first-order valence-electron chi connectivity index (χ1n) is 6.64. The van der Waals surface area contributed by atoms with Crippen molar-refractivity contribution < 1.29 is 0 Å². The second-order valence-corrected chi connectivity index (χ2v) is 7.14. The average molecular weight is 361 g/mol. The number of halogens is 3. The topological polar surface area (TPSA) is 26.0 Å². The smallest absolute Gasteiger partial charge is 0.0543 e. The molecule has 2 atom stereocenters. The van der Waals surface area contributed by atoms with Crippen LogP contribution >= 0.6 is 46.6 Å². The molecule has 112 valence electrons. The molecule has 0 fully saturated rings. The van der Waals surface area contributed by atoms with Crippen LogP contribution in [0.25, 0.3) is 0 Å². The molecule has 0 radical (unpaired) electrons. The molecule has 0 heterocycles. The number of rotatable bonds is 5. The summed E-state index contributed by atoms with van der Waals surface area (Å²) < 4.78 is 0. The van der Waals surface area contributed by atoms with Gasteiger partial charge in [0.2, 0.25) is 0 Å². The lowest BCUT2D eigenvalue weighted by atomic mass is 10.0. The van der Waals surface area contributed by atoms with Crippen LogP contribution in [0.2, 0.25) is 15.1 Å². The highest BCUT2D eigenvalue weighted by molar-refractivity contribution is 7.99. The van der Waals surface area contributed by atoms with Crippen molar-refractivity contribution in [3.8, 4) is 0 Å². The monoisotopic (exact) mass is 359 g/mol. The van der Waals surface area contributed by atoms with E-state index in [2.05, 4.69) is 6.92 Å². The van der Waals surface area contributed by atoms with E-state index in [4.69, 9.17) is 40.5 Å². The van der Waals surface area contributed by atoms with Crippen molar-refractivity contribution in [3.05, 3.63) is 63.1 Å². The van der Waals surface area contributed by atoms with Gasteiger partial charge in [-0.25, -0.2) is 0 Å². The Kier molecular flexibility index (Phi) is 6.27. The van der Waals surface area contributed by atoms with Gasteiger partial charge in [-0.2, -0.15) is 0 Å². The van der Waals surface area contributed by atoms with Crippen LogP contribution in [0.5, 0.6) is 0 Å². The molecule has 5 heteroatoms.